The van der Waals surface area contributed by atoms with Crippen molar-refractivity contribution in [1.82, 2.24) is 15.5 Å². The van der Waals surface area contributed by atoms with Gasteiger partial charge in [-0.15, -0.1) is 0 Å². The fourth-order valence-corrected chi connectivity index (χ4v) is 3.40. The van der Waals surface area contributed by atoms with Crippen molar-refractivity contribution in [2.24, 2.45) is 10.9 Å². The molecule has 2 atom stereocenters. The van der Waals surface area contributed by atoms with Crippen molar-refractivity contribution in [3.8, 4) is 11.5 Å². The van der Waals surface area contributed by atoms with Gasteiger partial charge in [0.2, 0.25) is 0 Å². The van der Waals surface area contributed by atoms with Gasteiger partial charge in [0.15, 0.2) is 17.5 Å². The smallest absolute Gasteiger partial charge is 0.191 e. The lowest BCUT2D eigenvalue weighted by Crippen LogP contribution is -2.48. The quantitative estimate of drug-likeness (QED) is 0.576. The second-order valence-electron chi connectivity index (χ2n) is 7.09. The number of nitrogens with zero attached hydrogens (tertiary/aromatic N) is 2. The van der Waals surface area contributed by atoms with E-state index in [1.54, 1.807) is 21.3 Å². The minimum atomic E-state index is 0.498. The zero-order chi connectivity index (χ0) is 18.9. The van der Waals surface area contributed by atoms with Crippen molar-refractivity contribution in [3.63, 3.8) is 0 Å². The maximum Gasteiger partial charge on any atom is 0.191 e. The molecule has 0 aromatic heterocycles. The first kappa shape index (κ1) is 20.4. The molecular weight excluding hydrogens is 328 g/mol. The number of hydrogen-bond donors (Lipinski definition) is 2. The first-order chi connectivity index (χ1) is 12.6. The third kappa shape index (κ3) is 5.80. The highest BCUT2D eigenvalue weighted by Crippen LogP contribution is 2.27. The molecule has 1 aliphatic rings. The van der Waals surface area contributed by atoms with Crippen molar-refractivity contribution in [3.05, 3.63) is 23.8 Å². The Morgan fingerprint density at radius 2 is 2.04 bits per heavy atom. The van der Waals surface area contributed by atoms with E-state index >= 15 is 0 Å². The van der Waals surface area contributed by atoms with Crippen LogP contribution < -0.4 is 20.1 Å². The van der Waals surface area contributed by atoms with E-state index in [2.05, 4.69) is 34.4 Å². The first-order valence-corrected chi connectivity index (χ1v) is 9.46. The lowest BCUT2D eigenvalue weighted by Gasteiger charge is -2.35. The van der Waals surface area contributed by atoms with Gasteiger partial charge in [-0.2, -0.15) is 0 Å². The van der Waals surface area contributed by atoms with E-state index in [1.807, 2.05) is 18.2 Å². The lowest BCUT2D eigenvalue weighted by molar-refractivity contribution is 0.139. The number of likely N-dealkylation sites (tertiary alicyclic amines) is 1. The van der Waals surface area contributed by atoms with Gasteiger partial charge in [-0.05, 0) is 49.9 Å². The topological polar surface area (TPSA) is 58.1 Å². The fraction of sp³-hybridized carbons (Fsp3) is 0.650. The Morgan fingerprint density at radius 1 is 1.27 bits per heavy atom. The summed E-state index contributed by atoms with van der Waals surface area (Å²) in [6.07, 6.45) is 2.66. The van der Waals surface area contributed by atoms with Crippen molar-refractivity contribution < 1.29 is 9.47 Å². The molecule has 1 aliphatic heterocycles. The van der Waals surface area contributed by atoms with E-state index in [0.717, 1.165) is 35.5 Å². The minimum Gasteiger partial charge on any atom is -0.493 e. The maximum atomic E-state index is 5.36. The summed E-state index contributed by atoms with van der Waals surface area (Å²) in [7, 11) is 5.10. The van der Waals surface area contributed by atoms with E-state index in [9.17, 15) is 0 Å². The van der Waals surface area contributed by atoms with Crippen LogP contribution in [0.25, 0.3) is 0 Å². The number of rotatable bonds is 7. The van der Waals surface area contributed by atoms with Crippen LogP contribution in [0.4, 0.5) is 0 Å². The highest BCUT2D eigenvalue weighted by Gasteiger charge is 2.20. The SMILES string of the molecule is CN=C(NCc1ccc(OC)c(OC)c1)NCC(C)N1CCCC(C)C1. The minimum absolute atomic E-state index is 0.498. The molecule has 0 aliphatic carbocycles. The first-order valence-electron chi connectivity index (χ1n) is 9.46. The molecule has 2 rings (SSSR count). The number of aliphatic imine (C=N–C) groups is 1. The Kier molecular flexibility index (Phi) is 8.04. The van der Waals surface area contributed by atoms with Crippen LogP contribution in [-0.4, -0.2) is 57.8 Å². The van der Waals surface area contributed by atoms with Crippen LogP contribution in [0.3, 0.4) is 0 Å². The Morgan fingerprint density at radius 3 is 2.69 bits per heavy atom. The van der Waals surface area contributed by atoms with E-state index in [4.69, 9.17) is 9.47 Å². The molecule has 0 spiro atoms. The number of methoxy groups -OCH3 is 2. The molecule has 6 nitrogen and oxygen atoms in total. The van der Waals surface area contributed by atoms with Gasteiger partial charge in [-0.25, -0.2) is 0 Å². The Bertz CT molecular complexity index is 591. The molecule has 1 aromatic carbocycles. The van der Waals surface area contributed by atoms with Crippen molar-refractivity contribution in [2.75, 3.05) is 40.9 Å². The molecule has 0 radical (unpaired) electrons. The van der Waals surface area contributed by atoms with Crippen LogP contribution >= 0.6 is 0 Å². The molecule has 1 heterocycles. The number of hydrogen-bond acceptors (Lipinski definition) is 4. The highest BCUT2D eigenvalue weighted by atomic mass is 16.5. The molecule has 1 fully saturated rings. The van der Waals surface area contributed by atoms with Gasteiger partial charge in [0, 0.05) is 32.7 Å². The third-order valence-electron chi connectivity index (χ3n) is 5.01. The molecule has 2 N–H and O–H groups in total. The molecule has 1 saturated heterocycles. The second-order valence-corrected chi connectivity index (χ2v) is 7.09. The molecule has 26 heavy (non-hydrogen) atoms. The van der Waals surface area contributed by atoms with Crippen LogP contribution in [0.1, 0.15) is 32.3 Å². The summed E-state index contributed by atoms with van der Waals surface area (Å²) in [5, 5.41) is 6.81. The maximum absolute atomic E-state index is 5.36. The number of piperidine rings is 1. The van der Waals surface area contributed by atoms with Gasteiger partial charge < -0.3 is 20.1 Å². The van der Waals surface area contributed by atoms with E-state index in [0.29, 0.717) is 12.6 Å². The largest absolute Gasteiger partial charge is 0.493 e. The van der Waals surface area contributed by atoms with Gasteiger partial charge >= 0.3 is 0 Å². The van der Waals surface area contributed by atoms with Crippen molar-refractivity contribution >= 4 is 5.96 Å². The van der Waals surface area contributed by atoms with Crippen molar-refractivity contribution in [1.29, 1.82) is 0 Å². The monoisotopic (exact) mass is 362 g/mol. The standard InChI is InChI=1S/C20H34N4O2/c1-15-7-6-10-24(14-15)16(2)12-22-20(21-3)23-13-17-8-9-18(25-4)19(11-17)26-5/h8-9,11,15-16H,6-7,10,12-14H2,1-5H3,(H2,21,22,23). The second kappa shape index (κ2) is 10.3. The van der Waals surface area contributed by atoms with Crippen LogP contribution in [0.2, 0.25) is 0 Å². The molecule has 1 aromatic rings. The highest BCUT2D eigenvalue weighted by molar-refractivity contribution is 5.79. The summed E-state index contributed by atoms with van der Waals surface area (Å²) in [5.41, 5.74) is 1.11. The molecule has 0 saturated carbocycles. The summed E-state index contributed by atoms with van der Waals surface area (Å²) < 4.78 is 10.6. The number of benzene rings is 1. The molecule has 146 valence electrons. The summed E-state index contributed by atoms with van der Waals surface area (Å²) >= 11 is 0. The number of ether oxygens (including phenoxy) is 2. The zero-order valence-electron chi connectivity index (χ0n) is 16.8. The zero-order valence-corrected chi connectivity index (χ0v) is 16.8. The summed E-state index contributed by atoms with van der Waals surface area (Å²) in [5.74, 6) is 3.09. The molecule has 2 unspecified atom stereocenters. The number of guanidine groups is 1. The predicted octanol–water partition coefficient (Wildman–Crippen LogP) is 2.49. The molecule has 0 bridgehead atoms. The van der Waals surface area contributed by atoms with E-state index < -0.39 is 0 Å². The average Bonchev–Trinajstić information content (AvgIpc) is 2.67. The normalized spacial score (nSPS) is 19.7. The molecular formula is C20H34N4O2. The summed E-state index contributed by atoms with van der Waals surface area (Å²) in [4.78, 5) is 6.90. The fourth-order valence-electron chi connectivity index (χ4n) is 3.40. The predicted molar refractivity (Wildman–Crippen MR) is 107 cm³/mol. The van der Waals surface area contributed by atoms with Gasteiger partial charge in [0.25, 0.3) is 0 Å². The van der Waals surface area contributed by atoms with E-state index in [-0.39, 0.29) is 0 Å². The molecule has 6 heteroatoms. The van der Waals surface area contributed by atoms with Gasteiger partial charge in [-0.3, -0.25) is 9.89 Å². The van der Waals surface area contributed by atoms with E-state index in [1.165, 1.54) is 25.9 Å². The van der Waals surface area contributed by atoms with Gasteiger partial charge in [0.1, 0.15) is 0 Å². The van der Waals surface area contributed by atoms with Gasteiger partial charge in [0.05, 0.1) is 14.2 Å². The van der Waals surface area contributed by atoms with Crippen LogP contribution in [0.5, 0.6) is 11.5 Å². The Labute approximate surface area is 158 Å². The van der Waals surface area contributed by atoms with Crippen molar-refractivity contribution in [2.45, 2.75) is 39.3 Å². The number of nitrogens with one attached hydrogen (secondary N) is 2. The molecule has 0 amide bonds. The summed E-state index contributed by atoms with van der Waals surface area (Å²) in [6, 6.07) is 6.43. The van der Waals surface area contributed by atoms with Crippen LogP contribution in [-0.2, 0) is 6.54 Å². The summed E-state index contributed by atoms with van der Waals surface area (Å²) in [6.45, 7) is 8.58. The lowest BCUT2D eigenvalue weighted by atomic mass is 9.99. The van der Waals surface area contributed by atoms with Crippen LogP contribution in [0.15, 0.2) is 23.2 Å². The Balaban J connectivity index is 1.82. The average molecular weight is 363 g/mol. The third-order valence-corrected chi connectivity index (χ3v) is 5.01. The van der Waals surface area contributed by atoms with Gasteiger partial charge in [-0.1, -0.05) is 13.0 Å². The Hall–Kier alpha value is -1.95. The van der Waals surface area contributed by atoms with Crippen LogP contribution in [0, 0.1) is 5.92 Å².